The summed E-state index contributed by atoms with van der Waals surface area (Å²) in [7, 11) is 0. The Labute approximate surface area is 127 Å². The molecule has 1 aliphatic rings. The van der Waals surface area contributed by atoms with Crippen molar-refractivity contribution in [2.45, 2.75) is 25.4 Å². The lowest BCUT2D eigenvalue weighted by Crippen LogP contribution is -2.15. The van der Waals surface area contributed by atoms with E-state index in [0.29, 0.717) is 0 Å². The summed E-state index contributed by atoms with van der Waals surface area (Å²) in [5.74, 6) is 0. The zero-order valence-electron chi connectivity index (χ0n) is 10.5. The summed E-state index contributed by atoms with van der Waals surface area (Å²) >= 11 is 9.90. The van der Waals surface area contributed by atoms with Crippen molar-refractivity contribution in [3.63, 3.8) is 0 Å². The normalized spacial score (nSPS) is 14.6. The molecule has 0 amide bonds. The van der Waals surface area contributed by atoms with Gasteiger partial charge in [-0.2, -0.15) is 0 Å². The largest absolute Gasteiger partial charge is 0.310 e. The van der Waals surface area contributed by atoms with Gasteiger partial charge in [0.15, 0.2) is 0 Å². The molecule has 1 saturated carbocycles. The van der Waals surface area contributed by atoms with Gasteiger partial charge >= 0.3 is 0 Å². The van der Waals surface area contributed by atoms with Crippen molar-refractivity contribution >= 4 is 27.5 Å². The highest BCUT2D eigenvalue weighted by Crippen LogP contribution is 2.30. The van der Waals surface area contributed by atoms with E-state index in [1.165, 1.54) is 18.4 Å². The maximum absolute atomic E-state index is 6.40. The average Bonchev–Trinajstić information content (AvgIpc) is 3.20. The first-order valence-electron chi connectivity index (χ1n) is 6.50. The van der Waals surface area contributed by atoms with Gasteiger partial charge in [0.2, 0.25) is 0 Å². The zero-order chi connectivity index (χ0) is 13.2. The van der Waals surface area contributed by atoms with Gasteiger partial charge in [-0.05, 0) is 42.2 Å². The van der Waals surface area contributed by atoms with Gasteiger partial charge in [0.1, 0.15) is 0 Å². The smallest absolute Gasteiger partial charge is 0.0487 e. The van der Waals surface area contributed by atoms with E-state index in [0.717, 1.165) is 33.2 Å². The Kier molecular flexibility index (Phi) is 3.92. The quantitative estimate of drug-likeness (QED) is 0.826. The third kappa shape index (κ3) is 3.38. The molecule has 1 fully saturated rings. The fourth-order valence-electron chi connectivity index (χ4n) is 2.11. The summed E-state index contributed by atoms with van der Waals surface area (Å²) in [6, 6.07) is 15.3. The Balaban J connectivity index is 1.82. The van der Waals surface area contributed by atoms with Crippen LogP contribution in [0.4, 0.5) is 0 Å². The Bertz CT molecular complexity index is 593. The zero-order valence-corrected chi connectivity index (χ0v) is 12.8. The first-order chi connectivity index (χ1) is 9.22. The van der Waals surface area contributed by atoms with Crippen molar-refractivity contribution in [2.75, 3.05) is 0 Å². The maximum Gasteiger partial charge on any atom is 0.0487 e. The molecule has 0 radical (unpaired) electrons. The fraction of sp³-hybridized carbons (Fsp3) is 0.250. The molecule has 19 heavy (non-hydrogen) atoms. The van der Waals surface area contributed by atoms with Crippen molar-refractivity contribution < 1.29 is 0 Å². The van der Waals surface area contributed by atoms with E-state index >= 15 is 0 Å². The maximum atomic E-state index is 6.40. The van der Waals surface area contributed by atoms with E-state index in [-0.39, 0.29) is 0 Å². The number of rotatable bonds is 4. The lowest BCUT2D eigenvalue weighted by Gasteiger charge is -2.08. The van der Waals surface area contributed by atoms with Crippen LogP contribution in [0, 0.1) is 0 Å². The third-order valence-electron chi connectivity index (χ3n) is 3.34. The lowest BCUT2D eigenvalue weighted by atomic mass is 10.0. The van der Waals surface area contributed by atoms with Crippen LogP contribution >= 0.6 is 27.5 Å². The molecular weight excluding hydrogens is 322 g/mol. The molecule has 0 saturated heterocycles. The molecular formula is C16H15BrClN. The molecule has 0 bridgehead atoms. The van der Waals surface area contributed by atoms with Crippen LogP contribution in [0.3, 0.4) is 0 Å². The Morgan fingerprint density at radius 3 is 2.68 bits per heavy atom. The van der Waals surface area contributed by atoms with Gasteiger partial charge < -0.3 is 5.32 Å². The SMILES string of the molecule is Clc1cc(CNC2CC2)ccc1-c1cccc(Br)c1. The third-order valence-corrected chi connectivity index (χ3v) is 4.15. The average molecular weight is 337 g/mol. The van der Waals surface area contributed by atoms with Crippen molar-refractivity contribution in [2.24, 2.45) is 0 Å². The molecule has 1 aliphatic carbocycles. The van der Waals surface area contributed by atoms with Crippen LogP contribution < -0.4 is 5.32 Å². The predicted molar refractivity (Wildman–Crippen MR) is 84.4 cm³/mol. The second-order valence-corrected chi connectivity index (χ2v) is 6.30. The minimum Gasteiger partial charge on any atom is -0.310 e. The van der Waals surface area contributed by atoms with Crippen LogP contribution in [-0.2, 0) is 6.54 Å². The molecule has 0 aromatic heterocycles. The Hall–Kier alpha value is -0.830. The Morgan fingerprint density at radius 1 is 1.16 bits per heavy atom. The van der Waals surface area contributed by atoms with Crippen molar-refractivity contribution in [1.82, 2.24) is 5.32 Å². The molecule has 0 aliphatic heterocycles. The van der Waals surface area contributed by atoms with Crippen LogP contribution in [0.15, 0.2) is 46.9 Å². The molecule has 0 unspecified atom stereocenters. The summed E-state index contributed by atoms with van der Waals surface area (Å²) in [4.78, 5) is 0. The first-order valence-corrected chi connectivity index (χ1v) is 7.67. The standard InChI is InChI=1S/C16H15BrClN/c17-13-3-1-2-12(9-13)15-7-4-11(8-16(15)18)10-19-14-5-6-14/h1-4,7-9,14,19H,5-6,10H2. The van der Waals surface area contributed by atoms with E-state index in [1.54, 1.807) is 0 Å². The van der Waals surface area contributed by atoms with Crippen molar-refractivity contribution in [3.05, 3.63) is 57.5 Å². The van der Waals surface area contributed by atoms with E-state index in [2.05, 4.69) is 51.6 Å². The highest BCUT2D eigenvalue weighted by atomic mass is 79.9. The molecule has 0 atom stereocenters. The number of hydrogen-bond acceptors (Lipinski definition) is 1. The van der Waals surface area contributed by atoms with Gasteiger partial charge in [-0.15, -0.1) is 0 Å². The molecule has 2 aromatic rings. The number of halogens is 2. The van der Waals surface area contributed by atoms with Crippen LogP contribution in [0.2, 0.25) is 5.02 Å². The van der Waals surface area contributed by atoms with E-state index in [4.69, 9.17) is 11.6 Å². The highest BCUT2D eigenvalue weighted by molar-refractivity contribution is 9.10. The summed E-state index contributed by atoms with van der Waals surface area (Å²) < 4.78 is 1.07. The van der Waals surface area contributed by atoms with Crippen molar-refractivity contribution in [1.29, 1.82) is 0 Å². The predicted octanol–water partition coefficient (Wildman–Crippen LogP) is 5.02. The van der Waals surface area contributed by atoms with E-state index < -0.39 is 0 Å². The molecule has 3 heteroatoms. The highest BCUT2D eigenvalue weighted by Gasteiger charge is 2.20. The minimum absolute atomic E-state index is 0.725. The summed E-state index contributed by atoms with van der Waals surface area (Å²) in [6.45, 7) is 0.906. The van der Waals surface area contributed by atoms with Gasteiger partial charge in [-0.1, -0.05) is 51.8 Å². The topological polar surface area (TPSA) is 12.0 Å². The summed E-state index contributed by atoms with van der Waals surface area (Å²) in [5, 5.41) is 4.32. The number of benzene rings is 2. The second-order valence-electron chi connectivity index (χ2n) is 4.98. The van der Waals surface area contributed by atoms with Crippen LogP contribution in [0.5, 0.6) is 0 Å². The van der Waals surface area contributed by atoms with Gasteiger partial charge in [0.05, 0.1) is 0 Å². The fourth-order valence-corrected chi connectivity index (χ4v) is 2.82. The van der Waals surface area contributed by atoms with Crippen LogP contribution in [0.1, 0.15) is 18.4 Å². The first kappa shape index (κ1) is 13.2. The number of nitrogens with one attached hydrogen (secondary N) is 1. The molecule has 0 heterocycles. The van der Waals surface area contributed by atoms with Crippen LogP contribution in [0.25, 0.3) is 11.1 Å². The lowest BCUT2D eigenvalue weighted by molar-refractivity contribution is 0.688. The summed E-state index contributed by atoms with van der Waals surface area (Å²) in [6.07, 6.45) is 2.62. The Morgan fingerprint density at radius 2 is 2.00 bits per heavy atom. The minimum atomic E-state index is 0.725. The monoisotopic (exact) mass is 335 g/mol. The molecule has 3 rings (SSSR count). The molecule has 0 spiro atoms. The van der Waals surface area contributed by atoms with Gasteiger partial charge in [-0.3, -0.25) is 0 Å². The van der Waals surface area contributed by atoms with E-state index in [1.807, 2.05) is 12.1 Å². The van der Waals surface area contributed by atoms with Gasteiger partial charge in [0, 0.05) is 27.6 Å². The molecule has 98 valence electrons. The molecule has 1 N–H and O–H groups in total. The molecule has 2 aromatic carbocycles. The van der Waals surface area contributed by atoms with Crippen LogP contribution in [-0.4, -0.2) is 6.04 Å². The van der Waals surface area contributed by atoms with Crippen molar-refractivity contribution in [3.8, 4) is 11.1 Å². The van der Waals surface area contributed by atoms with E-state index in [9.17, 15) is 0 Å². The second kappa shape index (κ2) is 5.66. The number of hydrogen-bond donors (Lipinski definition) is 1. The van der Waals surface area contributed by atoms with Gasteiger partial charge in [-0.25, -0.2) is 0 Å². The summed E-state index contributed by atoms with van der Waals surface area (Å²) in [5.41, 5.74) is 3.47. The van der Waals surface area contributed by atoms with Gasteiger partial charge in [0.25, 0.3) is 0 Å². The molecule has 1 nitrogen and oxygen atoms in total.